The number of carbonyl (C=O) groups excluding carboxylic acids is 1. The topological polar surface area (TPSA) is 97.3 Å². The molecule has 3 heterocycles. The van der Waals surface area contributed by atoms with Crippen molar-refractivity contribution in [3.63, 3.8) is 0 Å². The van der Waals surface area contributed by atoms with Crippen LogP contribution in [0.2, 0.25) is 0 Å². The summed E-state index contributed by atoms with van der Waals surface area (Å²) >= 11 is 0. The molecule has 2 aromatic rings. The molecule has 0 spiro atoms. The molecular formula is C13H17N5O3. The first-order chi connectivity index (χ1) is 10.2. The summed E-state index contributed by atoms with van der Waals surface area (Å²) in [6, 6.07) is 0. The lowest BCUT2D eigenvalue weighted by Gasteiger charge is -2.13. The van der Waals surface area contributed by atoms with E-state index in [1.807, 2.05) is 6.92 Å². The summed E-state index contributed by atoms with van der Waals surface area (Å²) in [5.74, 6) is 0.255. The minimum Gasteiger partial charge on any atom is -0.417 e. The van der Waals surface area contributed by atoms with E-state index in [1.165, 1.54) is 0 Å². The van der Waals surface area contributed by atoms with Crippen LogP contribution in [0.1, 0.15) is 41.2 Å². The highest BCUT2D eigenvalue weighted by molar-refractivity contribution is 5.89. The van der Waals surface area contributed by atoms with Crippen LogP contribution in [0.4, 0.5) is 0 Å². The normalized spacial score (nSPS) is 13.7. The summed E-state index contributed by atoms with van der Waals surface area (Å²) in [6.07, 6.45) is 3.29. The molecule has 1 aliphatic heterocycles. The van der Waals surface area contributed by atoms with Gasteiger partial charge in [0.1, 0.15) is 0 Å². The van der Waals surface area contributed by atoms with Gasteiger partial charge in [0.05, 0.1) is 38.1 Å². The molecule has 0 saturated heterocycles. The van der Waals surface area contributed by atoms with Gasteiger partial charge < -0.3 is 14.4 Å². The molecular weight excluding hydrogens is 274 g/mol. The van der Waals surface area contributed by atoms with E-state index in [4.69, 9.17) is 9.52 Å². The number of carbonyl (C=O) groups is 1. The molecule has 0 aromatic carbocycles. The number of amides is 1. The van der Waals surface area contributed by atoms with Crippen molar-refractivity contribution in [3.8, 4) is 0 Å². The largest absolute Gasteiger partial charge is 0.417 e. The van der Waals surface area contributed by atoms with Crippen molar-refractivity contribution in [1.29, 1.82) is 0 Å². The van der Waals surface area contributed by atoms with Crippen molar-refractivity contribution < 1.29 is 14.3 Å². The summed E-state index contributed by atoms with van der Waals surface area (Å²) < 4.78 is 7.10. The van der Waals surface area contributed by atoms with E-state index in [0.717, 1.165) is 17.7 Å². The second kappa shape index (κ2) is 5.65. The van der Waals surface area contributed by atoms with Gasteiger partial charge in [-0.05, 0) is 6.42 Å². The van der Waals surface area contributed by atoms with Gasteiger partial charge in [-0.1, -0.05) is 6.92 Å². The number of aliphatic hydroxyl groups is 1. The monoisotopic (exact) mass is 291 g/mol. The molecule has 0 fully saturated rings. The van der Waals surface area contributed by atoms with Gasteiger partial charge in [0, 0.05) is 12.0 Å². The van der Waals surface area contributed by atoms with Crippen LogP contribution in [0.15, 0.2) is 10.6 Å². The molecule has 1 N–H and O–H groups in total. The van der Waals surface area contributed by atoms with Gasteiger partial charge in [-0.3, -0.25) is 9.48 Å². The van der Waals surface area contributed by atoms with Crippen LogP contribution in [-0.2, 0) is 26.1 Å². The predicted molar refractivity (Wildman–Crippen MR) is 71.2 cm³/mol. The Morgan fingerprint density at radius 1 is 1.43 bits per heavy atom. The SMILES string of the molecule is CCCc1nnc(C(=O)N2Cc3cnn(CCO)c3C2)o1. The van der Waals surface area contributed by atoms with E-state index in [2.05, 4.69) is 15.3 Å². The smallest absolute Gasteiger partial charge is 0.312 e. The molecule has 0 unspecified atom stereocenters. The van der Waals surface area contributed by atoms with Crippen molar-refractivity contribution in [1.82, 2.24) is 24.9 Å². The lowest BCUT2D eigenvalue weighted by atomic mass is 10.3. The van der Waals surface area contributed by atoms with Crippen molar-refractivity contribution in [2.24, 2.45) is 0 Å². The van der Waals surface area contributed by atoms with Gasteiger partial charge in [-0.2, -0.15) is 5.10 Å². The highest BCUT2D eigenvalue weighted by Gasteiger charge is 2.30. The maximum atomic E-state index is 12.4. The van der Waals surface area contributed by atoms with Crippen LogP contribution >= 0.6 is 0 Å². The van der Waals surface area contributed by atoms with E-state index in [1.54, 1.807) is 15.8 Å². The summed E-state index contributed by atoms with van der Waals surface area (Å²) in [6.45, 7) is 3.38. The van der Waals surface area contributed by atoms with Crippen LogP contribution in [0.25, 0.3) is 0 Å². The van der Waals surface area contributed by atoms with Crippen molar-refractivity contribution in [3.05, 3.63) is 29.2 Å². The van der Waals surface area contributed by atoms with Gasteiger partial charge in [-0.15, -0.1) is 10.2 Å². The predicted octanol–water partition coefficient (Wildman–Crippen LogP) is 0.367. The van der Waals surface area contributed by atoms with E-state index >= 15 is 0 Å². The molecule has 21 heavy (non-hydrogen) atoms. The van der Waals surface area contributed by atoms with E-state index in [0.29, 0.717) is 31.9 Å². The first-order valence-electron chi connectivity index (χ1n) is 6.99. The van der Waals surface area contributed by atoms with Crippen LogP contribution in [0.3, 0.4) is 0 Å². The first kappa shape index (κ1) is 13.7. The molecule has 0 bridgehead atoms. The molecule has 112 valence electrons. The maximum Gasteiger partial charge on any atom is 0.312 e. The molecule has 3 rings (SSSR count). The summed E-state index contributed by atoms with van der Waals surface area (Å²) in [4.78, 5) is 14.0. The Balaban J connectivity index is 1.72. The van der Waals surface area contributed by atoms with Gasteiger partial charge in [0.15, 0.2) is 0 Å². The summed E-state index contributed by atoms with van der Waals surface area (Å²) in [7, 11) is 0. The lowest BCUT2D eigenvalue weighted by Crippen LogP contribution is -2.26. The third kappa shape index (κ3) is 2.54. The molecule has 8 heteroatoms. The summed E-state index contributed by atoms with van der Waals surface area (Å²) in [5, 5.41) is 20.9. The first-order valence-corrected chi connectivity index (χ1v) is 6.99. The lowest BCUT2D eigenvalue weighted by molar-refractivity contribution is 0.0705. The van der Waals surface area contributed by atoms with E-state index < -0.39 is 0 Å². The van der Waals surface area contributed by atoms with Crippen LogP contribution in [0, 0.1) is 0 Å². The Bertz CT molecular complexity index is 648. The second-order valence-electron chi connectivity index (χ2n) is 4.98. The van der Waals surface area contributed by atoms with Crippen LogP contribution in [-0.4, -0.2) is 42.5 Å². The van der Waals surface area contributed by atoms with Crippen molar-refractivity contribution in [2.45, 2.75) is 39.4 Å². The minimum atomic E-state index is -0.267. The Labute approximate surface area is 121 Å². The molecule has 2 aromatic heterocycles. The average molecular weight is 291 g/mol. The molecule has 0 aliphatic carbocycles. The molecule has 1 amide bonds. The zero-order valence-electron chi connectivity index (χ0n) is 11.8. The fourth-order valence-corrected chi connectivity index (χ4v) is 2.43. The third-order valence-corrected chi connectivity index (χ3v) is 3.45. The zero-order valence-corrected chi connectivity index (χ0v) is 11.8. The number of nitrogens with zero attached hydrogens (tertiary/aromatic N) is 5. The fraction of sp³-hybridized carbons (Fsp3) is 0.538. The molecule has 0 saturated carbocycles. The van der Waals surface area contributed by atoms with E-state index in [-0.39, 0.29) is 18.4 Å². The fourth-order valence-electron chi connectivity index (χ4n) is 2.43. The molecule has 1 aliphatic rings. The molecule has 8 nitrogen and oxygen atoms in total. The number of fused-ring (bicyclic) bond motifs is 1. The highest BCUT2D eigenvalue weighted by atomic mass is 16.4. The number of rotatable bonds is 5. The Morgan fingerprint density at radius 2 is 2.29 bits per heavy atom. The Morgan fingerprint density at radius 3 is 3.05 bits per heavy atom. The zero-order chi connectivity index (χ0) is 14.8. The van der Waals surface area contributed by atoms with Crippen molar-refractivity contribution in [2.75, 3.05) is 6.61 Å². The molecule has 0 atom stereocenters. The van der Waals surface area contributed by atoms with Crippen molar-refractivity contribution >= 4 is 5.91 Å². The Kier molecular flexibility index (Phi) is 3.70. The quantitative estimate of drug-likeness (QED) is 0.854. The number of aliphatic hydroxyl groups excluding tert-OH is 1. The van der Waals surface area contributed by atoms with Gasteiger partial charge >= 0.3 is 11.8 Å². The third-order valence-electron chi connectivity index (χ3n) is 3.45. The number of hydrogen-bond donors (Lipinski definition) is 1. The summed E-state index contributed by atoms with van der Waals surface area (Å²) in [5.41, 5.74) is 1.94. The second-order valence-corrected chi connectivity index (χ2v) is 4.98. The highest BCUT2D eigenvalue weighted by Crippen LogP contribution is 2.24. The average Bonchev–Trinajstić information content (AvgIpc) is 3.16. The van der Waals surface area contributed by atoms with Gasteiger partial charge in [0.25, 0.3) is 0 Å². The van der Waals surface area contributed by atoms with Crippen LogP contribution < -0.4 is 0 Å². The van der Waals surface area contributed by atoms with E-state index in [9.17, 15) is 4.79 Å². The van der Waals surface area contributed by atoms with Gasteiger partial charge in [-0.25, -0.2) is 0 Å². The Hall–Kier alpha value is -2.22. The standard InChI is InChI=1S/C13H17N5O3/c1-2-3-11-15-16-12(21-11)13(20)17-7-9-6-14-18(4-5-19)10(9)8-17/h6,19H,2-5,7-8H2,1H3. The number of aromatic nitrogens is 4. The number of hydrogen-bond acceptors (Lipinski definition) is 6. The molecule has 0 radical (unpaired) electrons. The number of aryl methyl sites for hydroxylation is 1. The van der Waals surface area contributed by atoms with Gasteiger partial charge in [0.2, 0.25) is 5.89 Å². The van der Waals surface area contributed by atoms with Crippen LogP contribution in [0.5, 0.6) is 0 Å². The maximum absolute atomic E-state index is 12.4. The minimum absolute atomic E-state index is 0.0199.